The summed E-state index contributed by atoms with van der Waals surface area (Å²) in [6.07, 6.45) is 0. The molecule has 1 atom stereocenters. The number of carboxylic acids is 1. The predicted molar refractivity (Wildman–Crippen MR) is 92.8 cm³/mol. The number of fused-ring (bicyclic) bond motifs is 1. The number of amides is 2. The molecule has 2 amide bonds. The Morgan fingerprint density at radius 2 is 1.88 bits per heavy atom. The number of hydrogen-bond donors (Lipinski definition) is 2. The minimum Gasteiger partial charge on any atom is -0.478 e. The van der Waals surface area contributed by atoms with Crippen molar-refractivity contribution in [3.8, 4) is 0 Å². The Morgan fingerprint density at radius 1 is 1.20 bits per heavy atom. The molecule has 1 heterocycles. The minimum absolute atomic E-state index is 0.164. The Hall–Kier alpha value is -2.86. The Labute approximate surface area is 149 Å². The van der Waals surface area contributed by atoms with Crippen molar-refractivity contribution in [2.24, 2.45) is 0 Å². The van der Waals surface area contributed by atoms with E-state index in [-0.39, 0.29) is 23.9 Å². The van der Waals surface area contributed by atoms with Gasteiger partial charge in [-0.15, -0.1) is 0 Å². The van der Waals surface area contributed by atoms with Crippen LogP contribution in [0.1, 0.15) is 33.2 Å². The van der Waals surface area contributed by atoms with Gasteiger partial charge in [-0.05, 0) is 42.8 Å². The zero-order valence-corrected chi connectivity index (χ0v) is 14.1. The Kier molecular flexibility index (Phi) is 4.46. The van der Waals surface area contributed by atoms with E-state index in [0.29, 0.717) is 16.3 Å². The number of aromatic carboxylic acids is 1. The maximum absolute atomic E-state index is 12.9. The van der Waals surface area contributed by atoms with Crippen LogP contribution in [0.15, 0.2) is 42.5 Å². The van der Waals surface area contributed by atoms with Crippen LogP contribution in [0.5, 0.6) is 0 Å². The third-order valence-corrected chi connectivity index (χ3v) is 4.37. The van der Waals surface area contributed by atoms with Gasteiger partial charge in [0, 0.05) is 11.6 Å². The summed E-state index contributed by atoms with van der Waals surface area (Å²) in [6, 6.07) is 10.3. The first-order valence-corrected chi connectivity index (χ1v) is 7.98. The zero-order valence-electron chi connectivity index (χ0n) is 13.3. The lowest BCUT2D eigenvalue weighted by Gasteiger charge is -2.26. The molecule has 2 N–H and O–H groups in total. The quantitative estimate of drug-likeness (QED) is 0.883. The van der Waals surface area contributed by atoms with Gasteiger partial charge < -0.3 is 15.3 Å². The summed E-state index contributed by atoms with van der Waals surface area (Å²) in [4.78, 5) is 37.6. The highest BCUT2D eigenvalue weighted by Crippen LogP contribution is 2.27. The fourth-order valence-corrected chi connectivity index (χ4v) is 2.85. The fraction of sp³-hybridized carbons (Fsp3) is 0.167. The third kappa shape index (κ3) is 3.34. The molecule has 0 bridgehead atoms. The summed E-state index contributed by atoms with van der Waals surface area (Å²) in [5, 5.41) is 12.1. The summed E-state index contributed by atoms with van der Waals surface area (Å²) in [7, 11) is 0. The van der Waals surface area contributed by atoms with Crippen LogP contribution in [-0.4, -0.2) is 33.8 Å². The van der Waals surface area contributed by atoms with Gasteiger partial charge in [0.25, 0.3) is 5.91 Å². The molecule has 128 valence electrons. The predicted octanol–water partition coefficient (Wildman–Crippen LogP) is 3.02. The van der Waals surface area contributed by atoms with Gasteiger partial charge in [0.15, 0.2) is 0 Å². The lowest BCUT2D eigenvalue weighted by molar-refractivity contribution is -0.120. The first-order valence-electron chi connectivity index (χ1n) is 7.60. The van der Waals surface area contributed by atoms with Crippen LogP contribution in [0.4, 0.5) is 5.69 Å². The number of carboxylic acid groups (broad SMARTS) is 1. The fourth-order valence-electron chi connectivity index (χ4n) is 2.67. The number of nitrogens with one attached hydrogen (secondary N) is 1. The van der Waals surface area contributed by atoms with Gasteiger partial charge in [0.1, 0.15) is 6.04 Å². The molecule has 1 aliphatic heterocycles. The van der Waals surface area contributed by atoms with Gasteiger partial charge in [0.2, 0.25) is 5.91 Å². The van der Waals surface area contributed by atoms with Crippen LogP contribution in [-0.2, 0) is 11.3 Å². The van der Waals surface area contributed by atoms with Gasteiger partial charge >= 0.3 is 5.97 Å². The highest BCUT2D eigenvalue weighted by atomic mass is 35.5. The molecule has 1 aliphatic rings. The molecule has 0 saturated heterocycles. The monoisotopic (exact) mass is 358 g/mol. The van der Waals surface area contributed by atoms with Crippen molar-refractivity contribution in [2.75, 3.05) is 5.32 Å². The first kappa shape index (κ1) is 17.0. The van der Waals surface area contributed by atoms with E-state index < -0.39 is 12.0 Å². The van der Waals surface area contributed by atoms with Crippen LogP contribution < -0.4 is 5.32 Å². The molecule has 3 rings (SSSR count). The number of halogens is 1. The van der Waals surface area contributed by atoms with E-state index >= 15 is 0 Å². The summed E-state index contributed by atoms with van der Waals surface area (Å²) in [5.41, 5.74) is 1.65. The number of hydrogen-bond acceptors (Lipinski definition) is 3. The Morgan fingerprint density at radius 3 is 2.52 bits per heavy atom. The molecule has 1 unspecified atom stereocenters. The van der Waals surface area contributed by atoms with Crippen LogP contribution in [0.2, 0.25) is 5.02 Å². The summed E-state index contributed by atoms with van der Waals surface area (Å²) < 4.78 is 0. The van der Waals surface area contributed by atoms with E-state index in [4.69, 9.17) is 16.7 Å². The van der Waals surface area contributed by atoms with Crippen molar-refractivity contribution in [1.82, 2.24) is 4.90 Å². The Balaban J connectivity index is 1.93. The van der Waals surface area contributed by atoms with Crippen LogP contribution in [0, 0.1) is 0 Å². The van der Waals surface area contributed by atoms with E-state index in [1.165, 1.54) is 17.0 Å². The molecule has 2 aromatic carbocycles. The molecule has 0 saturated carbocycles. The number of benzene rings is 2. The normalized spacial score (nSPS) is 16.9. The second kappa shape index (κ2) is 6.57. The van der Waals surface area contributed by atoms with E-state index in [0.717, 1.165) is 5.56 Å². The molecule has 25 heavy (non-hydrogen) atoms. The van der Waals surface area contributed by atoms with Gasteiger partial charge in [-0.25, -0.2) is 4.79 Å². The molecular weight excluding hydrogens is 344 g/mol. The lowest BCUT2D eigenvalue weighted by atomic mass is 10.1. The SMILES string of the molecule is CC1C(=O)Nc2cc(Cl)ccc2C(=O)N1Cc1ccc(C(=O)O)cc1. The van der Waals surface area contributed by atoms with Crippen molar-refractivity contribution < 1.29 is 19.5 Å². The second-order valence-corrected chi connectivity index (χ2v) is 6.23. The average Bonchev–Trinajstić information content (AvgIpc) is 2.66. The molecule has 0 radical (unpaired) electrons. The van der Waals surface area contributed by atoms with Crippen molar-refractivity contribution in [2.45, 2.75) is 19.5 Å². The van der Waals surface area contributed by atoms with Crippen LogP contribution >= 0.6 is 11.6 Å². The molecule has 0 fully saturated rings. The number of nitrogens with zero attached hydrogens (tertiary/aromatic N) is 1. The number of anilines is 1. The van der Waals surface area contributed by atoms with E-state index in [1.54, 1.807) is 37.3 Å². The number of rotatable bonds is 3. The maximum Gasteiger partial charge on any atom is 0.335 e. The molecule has 7 heteroatoms. The maximum atomic E-state index is 12.9. The van der Waals surface area contributed by atoms with Gasteiger partial charge in [-0.1, -0.05) is 23.7 Å². The topological polar surface area (TPSA) is 86.7 Å². The summed E-state index contributed by atoms with van der Waals surface area (Å²) in [6.45, 7) is 1.84. The largest absolute Gasteiger partial charge is 0.478 e. The minimum atomic E-state index is -1.02. The van der Waals surface area contributed by atoms with E-state index in [2.05, 4.69) is 5.32 Å². The van der Waals surface area contributed by atoms with Gasteiger partial charge in [-0.3, -0.25) is 9.59 Å². The standard InChI is InChI=1S/C18H15ClN2O4/c1-10-16(22)20-15-8-13(19)6-7-14(15)17(23)21(10)9-11-2-4-12(5-3-11)18(24)25/h2-8,10H,9H2,1H3,(H,20,22)(H,24,25). The molecule has 0 aliphatic carbocycles. The molecule has 0 spiro atoms. The molecule has 6 nitrogen and oxygen atoms in total. The van der Waals surface area contributed by atoms with E-state index in [9.17, 15) is 14.4 Å². The molecule has 0 aromatic heterocycles. The number of carbonyl (C=O) groups is 3. The first-order chi connectivity index (χ1) is 11.9. The molecule has 2 aromatic rings. The molecular formula is C18H15ClN2O4. The summed E-state index contributed by atoms with van der Waals surface area (Å²) in [5.74, 6) is -1.62. The van der Waals surface area contributed by atoms with Crippen LogP contribution in [0.25, 0.3) is 0 Å². The van der Waals surface area contributed by atoms with Crippen molar-refractivity contribution in [1.29, 1.82) is 0 Å². The number of carbonyl (C=O) groups excluding carboxylic acids is 2. The lowest BCUT2D eigenvalue weighted by Crippen LogP contribution is -2.42. The van der Waals surface area contributed by atoms with Gasteiger partial charge in [0.05, 0.1) is 16.8 Å². The third-order valence-electron chi connectivity index (χ3n) is 4.13. The highest BCUT2D eigenvalue weighted by molar-refractivity contribution is 6.31. The van der Waals surface area contributed by atoms with Crippen molar-refractivity contribution in [3.05, 3.63) is 64.2 Å². The zero-order chi connectivity index (χ0) is 18.1. The van der Waals surface area contributed by atoms with Crippen molar-refractivity contribution in [3.63, 3.8) is 0 Å². The van der Waals surface area contributed by atoms with Crippen LogP contribution in [0.3, 0.4) is 0 Å². The Bertz CT molecular complexity index is 864. The van der Waals surface area contributed by atoms with Gasteiger partial charge in [-0.2, -0.15) is 0 Å². The highest BCUT2D eigenvalue weighted by Gasteiger charge is 2.32. The van der Waals surface area contributed by atoms with E-state index in [1.807, 2.05) is 0 Å². The smallest absolute Gasteiger partial charge is 0.335 e. The average molecular weight is 359 g/mol. The second-order valence-electron chi connectivity index (χ2n) is 5.79. The summed E-state index contributed by atoms with van der Waals surface area (Å²) >= 11 is 5.94. The van der Waals surface area contributed by atoms with Crippen molar-refractivity contribution >= 4 is 35.1 Å².